The van der Waals surface area contributed by atoms with Crippen LogP contribution in [0.1, 0.15) is 18.1 Å². The van der Waals surface area contributed by atoms with Gasteiger partial charge in [0.05, 0.1) is 6.61 Å². The van der Waals surface area contributed by atoms with Crippen LogP contribution in [0.25, 0.3) is 0 Å². The largest absolute Gasteiger partial charge is 0.494 e. The highest BCUT2D eigenvalue weighted by Crippen LogP contribution is 2.16. The second-order valence-electron chi connectivity index (χ2n) is 6.87. The molecule has 162 valence electrons. The Kier molecular flexibility index (Phi) is 9.60. The number of ether oxygens (including phenoxy) is 1. The predicted molar refractivity (Wildman–Crippen MR) is 115 cm³/mol. The second kappa shape index (κ2) is 12.2. The monoisotopic (exact) mass is 434 g/mol. The zero-order valence-corrected chi connectivity index (χ0v) is 17.7. The zero-order valence-electron chi connectivity index (χ0n) is 17.0. The molecule has 0 radical (unpaired) electrons. The van der Waals surface area contributed by atoms with Gasteiger partial charge in [-0.15, -0.1) is 0 Å². The molecule has 1 saturated heterocycles. The molecule has 1 fully saturated rings. The first kappa shape index (κ1) is 23.7. The smallest absolute Gasteiger partial charge is 0.414 e. The van der Waals surface area contributed by atoms with Crippen molar-refractivity contribution in [3.63, 3.8) is 0 Å². The maximum atomic E-state index is 9.10. The summed E-state index contributed by atoms with van der Waals surface area (Å²) in [7, 11) is 0. The van der Waals surface area contributed by atoms with Crippen LogP contribution in [0.15, 0.2) is 48.5 Å². The number of carbonyl (C=O) groups is 2. The van der Waals surface area contributed by atoms with Crippen molar-refractivity contribution in [3.8, 4) is 5.75 Å². The van der Waals surface area contributed by atoms with Crippen LogP contribution in [0.2, 0.25) is 5.02 Å². The number of halogens is 1. The first-order chi connectivity index (χ1) is 14.4. The molecule has 1 heterocycles. The van der Waals surface area contributed by atoms with Gasteiger partial charge in [0.1, 0.15) is 5.75 Å². The zero-order chi connectivity index (χ0) is 21.9. The van der Waals surface area contributed by atoms with E-state index in [1.807, 2.05) is 19.1 Å². The predicted octanol–water partition coefficient (Wildman–Crippen LogP) is 3.21. The molecule has 0 spiro atoms. The minimum Gasteiger partial charge on any atom is -0.494 e. The summed E-state index contributed by atoms with van der Waals surface area (Å²) in [6.07, 6.45) is 0. The molecular weight excluding hydrogens is 408 g/mol. The highest BCUT2D eigenvalue weighted by Gasteiger charge is 2.17. The molecule has 8 heteroatoms. The fraction of sp³-hybridized carbons (Fsp3) is 0.364. The second-order valence-corrected chi connectivity index (χ2v) is 7.30. The van der Waals surface area contributed by atoms with E-state index in [2.05, 4.69) is 46.2 Å². The van der Waals surface area contributed by atoms with E-state index in [-0.39, 0.29) is 0 Å². The Hall–Kier alpha value is -2.61. The number of benzene rings is 2. The Morgan fingerprint density at radius 3 is 1.60 bits per heavy atom. The number of hydrogen-bond donors (Lipinski definition) is 2. The van der Waals surface area contributed by atoms with Crippen LogP contribution >= 0.6 is 11.6 Å². The number of rotatable bonds is 6. The van der Waals surface area contributed by atoms with Crippen molar-refractivity contribution in [3.05, 3.63) is 64.7 Å². The van der Waals surface area contributed by atoms with Crippen molar-refractivity contribution in [2.45, 2.75) is 20.0 Å². The number of hydrogen-bond acceptors (Lipinski definition) is 5. The van der Waals surface area contributed by atoms with Crippen molar-refractivity contribution >= 4 is 23.5 Å². The summed E-state index contributed by atoms with van der Waals surface area (Å²) in [4.78, 5) is 23.2. The quantitative estimate of drug-likeness (QED) is 0.674. The molecular formula is C22H27ClN2O5. The Bertz CT molecular complexity index is 791. The minimum atomic E-state index is -1.82. The van der Waals surface area contributed by atoms with Gasteiger partial charge in [-0.25, -0.2) is 9.59 Å². The molecule has 3 rings (SSSR count). The Balaban J connectivity index is 0.000000469. The summed E-state index contributed by atoms with van der Waals surface area (Å²) in [5.41, 5.74) is 2.68. The van der Waals surface area contributed by atoms with Gasteiger partial charge < -0.3 is 14.9 Å². The van der Waals surface area contributed by atoms with E-state index >= 15 is 0 Å². The van der Waals surface area contributed by atoms with Crippen LogP contribution in [-0.4, -0.2) is 64.7 Å². The Morgan fingerprint density at radius 2 is 1.23 bits per heavy atom. The van der Waals surface area contributed by atoms with Gasteiger partial charge in [0, 0.05) is 44.3 Å². The summed E-state index contributed by atoms with van der Waals surface area (Å²) < 4.78 is 5.50. The lowest BCUT2D eigenvalue weighted by Crippen LogP contribution is -2.45. The number of nitrogens with zero attached hydrogens (tertiary/aromatic N) is 2. The molecule has 7 nitrogen and oxygen atoms in total. The molecule has 2 N–H and O–H groups in total. The van der Waals surface area contributed by atoms with E-state index in [0.717, 1.165) is 56.6 Å². The van der Waals surface area contributed by atoms with Crippen LogP contribution in [0, 0.1) is 0 Å². The summed E-state index contributed by atoms with van der Waals surface area (Å²) in [6.45, 7) is 9.20. The standard InChI is InChI=1S/C20H25ClN2O.C2H2O4/c1-2-24-20-9-5-18(6-10-20)16-23-13-11-22(12-14-23)15-17-3-7-19(21)8-4-17;3-1(4)2(5)6/h3-10H,2,11-16H2,1H3;(H,3,4)(H,5,6). The van der Waals surface area contributed by atoms with Gasteiger partial charge in [-0.1, -0.05) is 35.9 Å². The number of carboxylic acids is 2. The average Bonchev–Trinajstić information content (AvgIpc) is 2.73. The highest BCUT2D eigenvalue weighted by atomic mass is 35.5. The van der Waals surface area contributed by atoms with Gasteiger partial charge in [-0.05, 0) is 42.3 Å². The number of aliphatic carboxylic acids is 2. The molecule has 0 atom stereocenters. The average molecular weight is 435 g/mol. The van der Waals surface area contributed by atoms with Gasteiger partial charge in [-0.2, -0.15) is 0 Å². The summed E-state index contributed by atoms with van der Waals surface area (Å²) in [5, 5.41) is 15.6. The Labute approximate surface area is 181 Å². The van der Waals surface area contributed by atoms with Crippen LogP contribution in [-0.2, 0) is 22.7 Å². The first-order valence-corrected chi connectivity index (χ1v) is 10.1. The van der Waals surface area contributed by atoms with Crippen LogP contribution in [0.4, 0.5) is 0 Å². The van der Waals surface area contributed by atoms with Crippen molar-refractivity contribution in [2.75, 3.05) is 32.8 Å². The van der Waals surface area contributed by atoms with Crippen LogP contribution < -0.4 is 4.74 Å². The summed E-state index contributed by atoms with van der Waals surface area (Å²) in [6, 6.07) is 16.7. The van der Waals surface area contributed by atoms with E-state index in [0.29, 0.717) is 0 Å². The van der Waals surface area contributed by atoms with Crippen molar-refractivity contribution in [1.82, 2.24) is 9.80 Å². The third kappa shape index (κ3) is 8.41. The van der Waals surface area contributed by atoms with Gasteiger partial charge in [0.2, 0.25) is 0 Å². The molecule has 1 aliphatic heterocycles. The van der Waals surface area contributed by atoms with Gasteiger partial charge in [0.15, 0.2) is 0 Å². The lowest BCUT2D eigenvalue weighted by atomic mass is 10.1. The van der Waals surface area contributed by atoms with E-state index in [4.69, 9.17) is 36.1 Å². The van der Waals surface area contributed by atoms with Crippen molar-refractivity contribution in [2.24, 2.45) is 0 Å². The van der Waals surface area contributed by atoms with E-state index in [1.165, 1.54) is 11.1 Å². The van der Waals surface area contributed by atoms with Crippen molar-refractivity contribution in [1.29, 1.82) is 0 Å². The molecule has 0 aromatic heterocycles. The van der Waals surface area contributed by atoms with E-state index in [1.54, 1.807) is 0 Å². The molecule has 2 aromatic rings. The molecule has 0 bridgehead atoms. The van der Waals surface area contributed by atoms with Crippen molar-refractivity contribution < 1.29 is 24.5 Å². The molecule has 0 saturated carbocycles. The summed E-state index contributed by atoms with van der Waals surface area (Å²) in [5.74, 6) is -2.70. The van der Waals surface area contributed by atoms with E-state index in [9.17, 15) is 0 Å². The number of carboxylic acid groups (broad SMARTS) is 2. The normalized spacial score (nSPS) is 14.5. The fourth-order valence-electron chi connectivity index (χ4n) is 3.07. The molecule has 0 aliphatic carbocycles. The van der Waals surface area contributed by atoms with Gasteiger partial charge in [-0.3, -0.25) is 9.80 Å². The lowest BCUT2D eigenvalue weighted by molar-refractivity contribution is -0.159. The van der Waals surface area contributed by atoms with Gasteiger partial charge in [0.25, 0.3) is 0 Å². The fourth-order valence-corrected chi connectivity index (χ4v) is 3.20. The third-order valence-electron chi connectivity index (χ3n) is 4.61. The van der Waals surface area contributed by atoms with Gasteiger partial charge >= 0.3 is 11.9 Å². The molecule has 0 amide bonds. The molecule has 2 aromatic carbocycles. The topological polar surface area (TPSA) is 90.3 Å². The summed E-state index contributed by atoms with van der Waals surface area (Å²) >= 11 is 5.95. The third-order valence-corrected chi connectivity index (χ3v) is 4.86. The van der Waals surface area contributed by atoms with Crippen LogP contribution in [0.3, 0.4) is 0 Å². The number of piperazine rings is 1. The maximum Gasteiger partial charge on any atom is 0.414 e. The van der Waals surface area contributed by atoms with Crippen LogP contribution in [0.5, 0.6) is 5.75 Å². The Morgan fingerprint density at radius 1 is 0.833 bits per heavy atom. The molecule has 30 heavy (non-hydrogen) atoms. The van der Waals surface area contributed by atoms with E-state index < -0.39 is 11.9 Å². The molecule has 0 unspecified atom stereocenters. The molecule has 1 aliphatic rings. The maximum absolute atomic E-state index is 9.10. The highest BCUT2D eigenvalue weighted by molar-refractivity contribution is 6.30. The SMILES string of the molecule is CCOc1ccc(CN2CCN(Cc3ccc(Cl)cc3)CC2)cc1.O=C(O)C(=O)O. The minimum absolute atomic E-state index is 0.717. The first-order valence-electron chi connectivity index (χ1n) is 9.74. The lowest BCUT2D eigenvalue weighted by Gasteiger charge is -2.34.